The van der Waals surface area contributed by atoms with E-state index in [-0.39, 0.29) is 18.0 Å². The van der Waals surface area contributed by atoms with Gasteiger partial charge in [-0.3, -0.25) is 4.90 Å². The van der Waals surface area contributed by atoms with Crippen LogP contribution in [0.1, 0.15) is 17.2 Å². The van der Waals surface area contributed by atoms with E-state index in [0.29, 0.717) is 31.7 Å². The zero-order chi connectivity index (χ0) is 14.8. The van der Waals surface area contributed by atoms with Gasteiger partial charge in [0.25, 0.3) is 5.92 Å². The van der Waals surface area contributed by atoms with Gasteiger partial charge < -0.3 is 10.4 Å². The lowest BCUT2D eigenvalue weighted by molar-refractivity contribution is -0.118. The fourth-order valence-corrected chi connectivity index (χ4v) is 2.53. The van der Waals surface area contributed by atoms with Gasteiger partial charge in [-0.25, -0.2) is 13.2 Å². The second-order valence-electron chi connectivity index (χ2n) is 5.12. The molecule has 0 bridgehead atoms. The van der Waals surface area contributed by atoms with Crippen LogP contribution in [0.4, 0.5) is 13.2 Å². The van der Waals surface area contributed by atoms with Gasteiger partial charge in [-0.1, -0.05) is 12.1 Å². The third kappa shape index (κ3) is 4.10. The second kappa shape index (κ2) is 7.45. The zero-order valence-corrected chi connectivity index (χ0v) is 12.6. The van der Waals surface area contributed by atoms with Crippen LogP contribution < -0.4 is 5.32 Å². The summed E-state index contributed by atoms with van der Waals surface area (Å²) in [4.78, 5) is 1.59. The first-order chi connectivity index (χ1) is 9.45. The number of aryl methyl sites for hydroxylation is 1. The summed E-state index contributed by atoms with van der Waals surface area (Å²) in [5.74, 6) is -3.81. The SMILES string of the molecule is Cc1ccc([C@@H](N2CCNCC2)C(F)(F)CO)cc1F.Cl. The van der Waals surface area contributed by atoms with E-state index < -0.39 is 24.4 Å². The maximum Gasteiger partial charge on any atom is 0.289 e. The monoisotopic (exact) mass is 324 g/mol. The van der Waals surface area contributed by atoms with Crippen molar-refractivity contribution in [2.75, 3.05) is 32.8 Å². The smallest absolute Gasteiger partial charge is 0.289 e. The van der Waals surface area contributed by atoms with Crippen molar-refractivity contribution in [1.29, 1.82) is 0 Å². The molecule has 2 N–H and O–H groups in total. The number of rotatable bonds is 4. The summed E-state index contributed by atoms with van der Waals surface area (Å²) < 4.78 is 41.8. The van der Waals surface area contributed by atoms with Crippen molar-refractivity contribution in [3.8, 4) is 0 Å². The molecular weight excluding hydrogens is 305 g/mol. The zero-order valence-electron chi connectivity index (χ0n) is 11.8. The first-order valence-electron chi connectivity index (χ1n) is 6.65. The Morgan fingerprint density at radius 2 is 1.95 bits per heavy atom. The number of alkyl halides is 2. The van der Waals surface area contributed by atoms with E-state index >= 15 is 0 Å². The Balaban J connectivity index is 0.00000220. The average molecular weight is 325 g/mol. The molecule has 2 rings (SSSR count). The van der Waals surface area contributed by atoms with Crippen LogP contribution >= 0.6 is 12.4 Å². The minimum absolute atomic E-state index is 0. The number of benzene rings is 1. The molecule has 1 aliphatic heterocycles. The molecule has 1 saturated heterocycles. The average Bonchev–Trinajstić information content (AvgIpc) is 2.44. The van der Waals surface area contributed by atoms with Crippen LogP contribution in [-0.2, 0) is 0 Å². The number of halogens is 4. The summed E-state index contributed by atoms with van der Waals surface area (Å²) in [5, 5.41) is 12.1. The number of aliphatic hydroxyl groups excluding tert-OH is 1. The van der Waals surface area contributed by atoms with Crippen LogP contribution in [0.5, 0.6) is 0 Å². The van der Waals surface area contributed by atoms with Crippen molar-refractivity contribution in [2.24, 2.45) is 0 Å². The number of nitrogens with zero attached hydrogens (tertiary/aromatic N) is 1. The van der Waals surface area contributed by atoms with Gasteiger partial charge in [0.1, 0.15) is 18.5 Å². The van der Waals surface area contributed by atoms with Crippen molar-refractivity contribution in [3.05, 3.63) is 35.1 Å². The van der Waals surface area contributed by atoms with Crippen molar-refractivity contribution < 1.29 is 18.3 Å². The number of aliphatic hydroxyl groups is 1. The summed E-state index contributed by atoms with van der Waals surface area (Å²) in [5.41, 5.74) is 0.620. The molecule has 0 spiro atoms. The Labute approximate surface area is 128 Å². The molecular formula is C14H20ClF3N2O. The van der Waals surface area contributed by atoms with Crippen LogP contribution in [0.15, 0.2) is 18.2 Å². The first kappa shape index (κ1) is 18.2. The fourth-order valence-electron chi connectivity index (χ4n) is 2.53. The van der Waals surface area contributed by atoms with E-state index in [1.54, 1.807) is 11.8 Å². The van der Waals surface area contributed by atoms with Gasteiger partial charge in [0.05, 0.1) is 0 Å². The molecule has 0 amide bonds. The van der Waals surface area contributed by atoms with E-state index in [0.717, 1.165) is 6.07 Å². The highest BCUT2D eigenvalue weighted by Crippen LogP contribution is 2.36. The van der Waals surface area contributed by atoms with Crippen molar-refractivity contribution in [2.45, 2.75) is 18.9 Å². The minimum atomic E-state index is -3.31. The molecule has 1 aromatic rings. The fraction of sp³-hybridized carbons (Fsp3) is 0.571. The van der Waals surface area contributed by atoms with E-state index in [1.807, 2.05) is 0 Å². The van der Waals surface area contributed by atoms with Crippen LogP contribution in [0.3, 0.4) is 0 Å². The molecule has 1 fully saturated rings. The van der Waals surface area contributed by atoms with Crippen LogP contribution in [0.2, 0.25) is 0 Å². The number of hydrogen-bond donors (Lipinski definition) is 2. The molecule has 1 atom stereocenters. The molecule has 1 aromatic carbocycles. The third-order valence-corrected chi connectivity index (χ3v) is 3.64. The Kier molecular flexibility index (Phi) is 6.46. The summed E-state index contributed by atoms with van der Waals surface area (Å²) in [6.07, 6.45) is 0. The maximum atomic E-state index is 14.1. The van der Waals surface area contributed by atoms with Gasteiger partial charge >= 0.3 is 0 Å². The van der Waals surface area contributed by atoms with E-state index in [2.05, 4.69) is 5.32 Å². The predicted octanol–water partition coefficient (Wildman–Crippen LogP) is 2.13. The Hall–Kier alpha value is -0.820. The van der Waals surface area contributed by atoms with Gasteiger partial charge in [0, 0.05) is 26.2 Å². The topological polar surface area (TPSA) is 35.5 Å². The lowest BCUT2D eigenvalue weighted by Gasteiger charge is -2.38. The van der Waals surface area contributed by atoms with Crippen molar-refractivity contribution in [3.63, 3.8) is 0 Å². The molecule has 0 radical (unpaired) electrons. The molecule has 0 aromatic heterocycles. The normalized spacial score (nSPS) is 18.1. The number of hydrogen-bond acceptors (Lipinski definition) is 3. The van der Waals surface area contributed by atoms with E-state index in [1.165, 1.54) is 12.1 Å². The maximum absolute atomic E-state index is 14.1. The van der Waals surface area contributed by atoms with Gasteiger partial charge in [0.15, 0.2) is 0 Å². The van der Waals surface area contributed by atoms with E-state index in [9.17, 15) is 13.2 Å². The standard InChI is InChI=1S/C14H19F3N2O.ClH/c1-10-2-3-11(8-12(10)15)13(14(16,17)9-20)19-6-4-18-5-7-19;/h2-3,8,13,18,20H,4-7,9H2,1H3;1H/t13-;/m1./s1. The quantitative estimate of drug-likeness (QED) is 0.890. The van der Waals surface area contributed by atoms with Crippen LogP contribution in [-0.4, -0.2) is 48.7 Å². The number of piperazine rings is 1. The lowest BCUT2D eigenvalue weighted by Crippen LogP contribution is -2.51. The van der Waals surface area contributed by atoms with Gasteiger partial charge in [-0.15, -0.1) is 12.4 Å². The first-order valence-corrected chi connectivity index (χ1v) is 6.65. The highest BCUT2D eigenvalue weighted by Gasteiger charge is 2.44. The predicted molar refractivity (Wildman–Crippen MR) is 77.6 cm³/mol. The molecule has 0 aliphatic carbocycles. The molecule has 21 heavy (non-hydrogen) atoms. The summed E-state index contributed by atoms with van der Waals surface area (Å²) in [7, 11) is 0. The largest absolute Gasteiger partial charge is 0.390 e. The van der Waals surface area contributed by atoms with Crippen LogP contribution in [0.25, 0.3) is 0 Å². The molecule has 1 aliphatic rings. The van der Waals surface area contributed by atoms with Crippen LogP contribution in [0, 0.1) is 12.7 Å². The minimum Gasteiger partial charge on any atom is -0.390 e. The molecule has 3 nitrogen and oxygen atoms in total. The van der Waals surface area contributed by atoms with Crippen molar-refractivity contribution >= 4 is 12.4 Å². The van der Waals surface area contributed by atoms with E-state index in [4.69, 9.17) is 5.11 Å². The summed E-state index contributed by atoms with van der Waals surface area (Å²) >= 11 is 0. The molecule has 0 saturated carbocycles. The van der Waals surface area contributed by atoms with Gasteiger partial charge in [-0.05, 0) is 24.1 Å². The molecule has 1 heterocycles. The second-order valence-corrected chi connectivity index (χ2v) is 5.12. The highest BCUT2D eigenvalue weighted by atomic mass is 35.5. The molecule has 7 heteroatoms. The molecule has 0 unspecified atom stereocenters. The highest BCUT2D eigenvalue weighted by molar-refractivity contribution is 5.85. The Morgan fingerprint density at radius 1 is 1.33 bits per heavy atom. The van der Waals surface area contributed by atoms with Crippen molar-refractivity contribution in [1.82, 2.24) is 10.2 Å². The molecule has 120 valence electrons. The Bertz CT molecular complexity index is 468. The van der Waals surface area contributed by atoms with Gasteiger partial charge in [-0.2, -0.15) is 0 Å². The summed E-state index contributed by atoms with van der Waals surface area (Å²) in [6, 6.07) is 2.85. The lowest BCUT2D eigenvalue weighted by atomic mass is 9.97. The Morgan fingerprint density at radius 3 is 2.48 bits per heavy atom. The van der Waals surface area contributed by atoms with Gasteiger partial charge in [0.2, 0.25) is 0 Å². The third-order valence-electron chi connectivity index (χ3n) is 3.64. The number of nitrogens with one attached hydrogen (secondary N) is 1. The summed E-state index contributed by atoms with van der Waals surface area (Å²) in [6.45, 7) is 2.42.